The standard InChI is InChI=1S/C30H28F6N4OS/c1-40(2)12-11-23(41)38-26-24-19-7-3-5-9-21(19)25(22-10-6-4-8-20(22)24)27(26)39-28(42)37-18-14-16(29(31,32)33)13-17(15-18)30(34,35)36/h3-10,13-15,24-27H,11-12H2,1-2H3,(H,38,41)(H2,37,39,42)/t24?,25?,26-,27+/m1/s1. The van der Waals surface area contributed by atoms with E-state index in [-0.39, 0.29) is 35.3 Å². The van der Waals surface area contributed by atoms with Crippen molar-refractivity contribution in [1.29, 1.82) is 0 Å². The van der Waals surface area contributed by atoms with Crippen molar-refractivity contribution in [1.82, 2.24) is 15.5 Å². The molecule has 0 saturated heterocycles. The maximum Gasteiger partial charge on any atom is 0.416 e. The Labute approximate surface area is 244 Å². The van der Waals surface area contributed by atoms with Crippen LogP contribution >= 0.6 is 12.2 Å². The summed E-state index contributed by atoms with van der Waals surface area (Å²) < 4.78 is 80.6. The van der Waals surface area contributed by atoms with Gasteiger partial charge in [0.05, 0.1) is 23.2 Å². The normalized spacial score (nSPS) is 21.0. The molecule has 5 nitrogen and oxygen atoms in total. The summed E-state index contributed by atoms with van der Waals surface area (Å²) in [5, 5.41) is 8.67. The lowest BCUT2D eigenvalue weighted by Gasteiger charge is -2.51. The summed E-state index contributed by atoms with van der Waals surface area (Å²) in [5.41, 5.74) is 0.759. The molecule has 3 aromatic rings. The molecule has 42 heavy (non-hydrogen) atoms. The van der Waals surface area contributed by atoms with Crippen molar-refractivity contribution >= 4 is 28.9 Å². The first-order valence-corrected chi connectivity index (χ1v) is 13.6. The molecule has 2 atom stereocenters. The Bertz CT molecular complexity index is 1430. The highest BCUT2D eigenvalue weighted by molar-refractivity contribution is 7.80. The fourth-order valence-corrected chi connectivity index (χ4v) is 6.21. The number of hydrogen-bond acceptors (Lipinski definition) is 3. The summed E-state index contributed by atoms with van der Waals surface area (Å²) in [5.74, 6) is -0.737. The number of nitrogens with zero attached hydrogens (tertiary/aromatic N) is 1. The van der Waals surface area contributed by atoms with Crippen LogP contribution in [0.25, 0.3) is 0 Å². The smallest absolute Gasteiger partial charge is 0.357 e. The van der Waals surface area contributed by atoms with Gasteiger partial charge in [-0.1, -0.05) is 48.5 Å². The summed E-state index contributed by atoms with van der Waals surface area (Å²) >= 11 is 5.45. The van der Waals surface area contributed by atoms with Crippen molar-refractivity contribution in [2.24, 2.45) is 0 Å². The molecule has 0 saturated carbocycles. The Morgan fingerprint density at radius 3 is 1.60 bits per heavy atom. The van der Waals surface area contributed by atoms with E-state index in [1.54, 1.807) is 0 Å². The highest BCUT2D eigenvalue weighted by Crippen LogP contribution is 2.52. The van der Waals surface area contributed by atoms with Gasteiger partial charge in [-0.25, -0.2) is 0 Å². The number of benzene rings is 3. The number of anilines is 1. The second kappa shape index (κ2) is 11.2. The van der Waals surface area contributed by atoms with Gasteiger partial charge in [0.25, 0.3) is 0 Å². The molecule has 3 N–H and O–H groups in total. The van der Waals surface area contributed by atoms with E-state index in [1.165, 1.54) is 0 Å². The van der Waals surface area contributed by atoms with Gasteiger partial charge in [0.2, 0.25) is 5.91 Å². The first-order chi connectivity index (χ1) is 19.7. The van der Waals surface area contributed by atoms with Gasteiger partial charge in [0, 0.05) is 30.5 Å². The molecule has 6 rings (SSSR count). The highest BCUT2D eigenvalue weighted by Gasteiger charge is 2.50. The average Bonchev–Trinajstić information content (AvgIpc) is 2.91. The largest absolute Gasteiger partial charge is 0.416 e. The minimum atomic E-state index is -5.00. The van der Waals surface area contributed by atoms with Crippen LogP contribution in [0.4, 0.5) is 32.0 Å². The van der Waals surface area contributed by atoms with Gasteiger partial charge in [-0.3, -0.25) is 4.79 Å². The van der Waals surface area contributed by atoms with Crippen LogP contribution < -0.4 is 16.0 Å². The lowest BCUT2D eigenvalue weighted by molar-refractivity contribution is -0.143. The topological polar surface area (TPSA) is 56.4 Å². The van der Waals surface area contributed by atoms with Gasteiger partial charge in [0.15, 0.2) is 5.11 Å². The zero-order chi connectivity index (χ0) is 30.4. The maximum absolute atomic E-state index is 13.4. The molecule has 0 heterocycles. The number of thiocarbonyl (C=S) groups is 1. The van der Waals surface area contributed by atoms with Crippen LogP contribution in [0, 0.1) is 0 Å². The Kier molecular flexibility index (Phi) is 7.97. The van der Waals surface area contributed by atoms with E-state index >= 15 is 0 Å². The number of halogens is 6. The molecule has 0 fully saturated rings. The summed E-state index contributed by atoms with van der Waals surface area (Å²) in [6.07, 6.45) is -9.75. The van der Waals surface area contributed by atoms with Crippen molar-refractivity contribution in [2.45, 2.75) is 42.7 Å². The number of fused-ring (bicyclic) bond motifs is 1. The third kappa shape index (κ3) is 5.96. The van der Waals surface area contributed by atoms with E-state index in [4.69, 9.17) is 12.2 Å². The first kappa shape index (κ1) is 29.8. The van der Waals surface area contributed by atoms with Crippen LogP contribution in [0.15, 0.2) is 66.7 Å². The zero-order valence-electron chi connectivity index (χ0n) is 22.6. The molecule has 0 unspecified atom stereocenters. The average molecular weight is 607 g/mol. The fraction of sp³-hybridized carbons (Fsp3) is 0.333. The van der Waals surface area contributed by atoms with E-state index in [2.05, 4.69) is 16.0 Å². The number of hydrogen-bond donors (Lipinski definition) is 3. The predicted octanol–water partition coefficient (Wildman–Crippen LogP) is 6.11. The quantitative estimate of drug-likeness (QED) is 0.234. The first-order valence-electron chi connectivity index (χ1n) is 13.2. The van der Waals surface area contributed by atoms with Gasteiger partial charge in [-0.2, -0.15) is 26.3 Å². The Morgan fingerprint density at radius 1 is 0.762 bits per heavy atom. The fourth-order valence-electron chi connectivity index (χ4n) is 5.95. The molecular formula is C30H28F6N4OS. The van der Waals surface area contributed by atoms with Crippen LogP contribution in [0.1, 0.15) is 51.6 Å². The van der Waals surface area contributed by atoms with Crippen LogP contribution in [-0.2, 0) is 17.1 Å². The number of amides is 1. The van der Waals surface area contributed by atoms with Crippen molar-refractivity contribution in [3.8, 4) is 0 Å². The summed E-state index contributed by atoms with van der Waals surface area (Å²) in [6.45, 7) is 0.523. The molecule has 0 spiro atoms. The number of rotatable bonds is 6. The molecule has 2 bridgehead atoms. The van der Waals surface area contributed by atoms with E-state index in [9.17, 15) is 31.1 Å². The molecular weight excluding hydrogens is 578 g/mol. The molecule has 1 amide bonds. The van der Waals surface area contributed by atoms with Gasteiger partial charge in [-0.15, -0.1) is 0 Å². The van der Waals surface area contributed by atoms with Crippen molar-refractivity contribution in [3.05, 3.63) is 100 Å². The molecule has 0 aliphatic heterocycles. The van der Waals surface area contributed by atoms with E-state index in [0.717, 1.165) is 22.3 Å². The van der Waals surface area contributed by atoms with Crippen LogP contribution in [0.3, 0.4) is 0 Å². The SMILES string of the molecule is CN(C)CCC(=O)N[C@@H]1C2c3ccccc3C(c3ccccc32)[C@@H]1NC(=S)Nc1cc(C(F)(F)F)cc(C(F)(F)F)c1. The van der Waals surface area contributed by atoms with E-state index < -0.39 is 41.3 Å². The Hall–Kier alpha value is -3.64. The van der Waals surface area contributed by atoms with Crippen molar-refractivity contribution in [3.63, 3.8) is 0 Å². The number of carbonyl (C=O) groups is 1. The molecule has 3 aliphatic rings. The van der Waals surface area contributed by atoms with Crippen molar-refractivity contribution < 1.29 is 31.1 Å². The number of nitrogens with one attached hydrogen (secondary N) is 3. The van der Waals surface area contributed by atoms with E-state index in [1.807, 2.05) is 67.5 Å². The van der Waals surface area contributed by atoms with Gasteiger partial charge >= 0.3 is 12.4 Å². The Morgan fingerprint density at radius 2 is 1.19 bits per heavy atom. The van der Waals surface area contributed by atoms with Crippen molar-refractivity contribution in [2.75, 3.05) is 26.0 Å². The molecule has 0 radical (unpaired) electrons. The third-order valence-corrected chi connectivity index (χ3v) is 7.91. The van der Waals surface area contributed by atoms with Crippen LogP contribution in [0.2, 0.25) is 0 Å². The number of carbonyl (C=O) groups excluding carboxylic acids is 1. The van der Waals surface area contributed by atoms with Gasteiger partial charge < -0.3 is 20.9 Å². The Balaban J connectivity index is 1.50. The minimum absolute atomic E-state index is 0.0644. The van der Waals surface area contributed by atoms with E-state index in [0.29, 0.717) is 18.7 Å². The molecule has 12 heteroatoms. The summed E-state index contributed by atoms with van der Waals surface area (Å²) in [6, 6.07) is 15.8. The van der Waals surface area contributed by atoms with Crippen LogP contribution in [0.5, 0.6) is 0 Å². The molecule has 3 aliphatic carbocycles. The summed E-state index contributed by atoms with van der Waals surface area (Å²) in [7, 11) is 3.71. The monoisotopic (exact) mass is 606 g/mol. The minimum Gasteiger partial charge on any atom is -0.357 e. The lowest BCUT2D eigenvalue weighted by atomic mass is 9.59. The molecule has 222 valence electrons. The molecule has 3 aromatic carbocycles. The summed E-state index contributed by atoms with van der Waals surface area (Å²) in [4.78, 5) is 15.0. The highest BCUT2D eigenvalue weighted by atomic mass is 32.1. The second-order valence-electron chi connectivity index (χ2n) is 10.8. The maximum atomic E-state index is 13.4. The predicted molar refractivity (Wildman–Crippen MR) is 151 cm³/mol. The zero-order valence-corrected chi connectivity index (χ0v) is 23.4. The molecule has 0 aromatic heterocycles. The van der Waals surface area contributed by atoms with Gasteiger partial charge in [-0.05, 0) is 66.8 Å². The second-order valence-corrected chi connectivity index (χ2v) is 11.2. The third-order valence-electron chi connectivity index (χ3n) is 7.69. The lowest BCUT2D eigenvalue weighted by Crippen LogP contribution is -2.62. The van der Waals surface area contributed by atoms with Crippen LogP contribution in [-0.4, -0.2) is 48.6 Å². The number of alkyl halides is 6. The van der Waals surface area contributed by atoms with Gasteiger partial charge in [0.1, 0.15) is 0 Å².